The molecule has 0 aliphatic heterocycles. The van der Waals surface area contributed by atoms with E-state index in [4.69, 9.17) is 4.74 Å². The maximum absolute atomic E-state index is 12.4. The van der Waals surface area contributed by atoms with Gasteiger partial charge in [0.05, 0.1) is 12.0 Å². The Balaban J connectivity index is 1.27. The largest absolute Gasteiger partial charge is 0.489 e. The second-order valence-electron chi connectivity index (χ2n) is 9.80. The molecule has 0 aliphatic carbocycles. The first-order valence-electron chi connectivity index (χ1n) is 12.6. The molecule has 0 saturated heterocycles. The van der Waals surface area contributed by atoms with Crippen LogP contribution in [0.25, 0.3) is 11.4 Å². The van der Waals surface area contributed by atoms with Gasteiger partial charge in [-0.15, -0.1) is 10.2 Å². The minimum atomic E-state index is -0.212. The van der Waals surface area contributed by atoms with Crippen LogP contribution in [0.2, 0.25) is 0 Å². The lowest BCUT2D eigenvalue weighted by atomic mass is 9.87. The third kappa shape index (κ3) is 7.32. The maximum Gasteiger partial charge on any atom is 0.250 e. The van der Waals surface area contributed by atoms with Crippen molar-refractivity contribution in [2.24, 2.45) is 5.10 Å². The zero-order chi connectivity index (χ0) is 27.0. The summed E-state index contributed by atoms with van der Waals surface area (Å²) in [5.74, 6) is 1.54. The van der Waals surface area contributed by atoms with E-state index in [0.29, 0.717) is 18.3 Å². The Kier molecular flexibility index (Phi) is 8.97. The summed E-state index contributed by atoms with van der Waals surface area (Å²) in [7, 11) is 0. The van der Waals surface area contributed by atoms with Crippen LogP contribution in [0.4, 0.5) is 0 Å². The Morgan fingerprint density at radius 3 is 2.37 bits per heavy atom. The monoisotopic (exact) mass is 527 g/mol. The van der Waals surface area contributed by atoms with Crippen LogP contribution in [-0.2, 0) is 23.4 Å². The maximum atomic E-state index is 12.4. The normalized spacial score (nSPS) is 11.6. The van der Waals surface area contributed by atoms with Crippen molar-refractivity contribution in [2.75, 3.05) is 5.75 Å². The van der Waals surface area contributed by atoms with Crippen molar-refractivity contribution >= 4 is 23.9 Å². The van der Waals surface area contributed by atoms with Gasteiger partial charge in [0.25, 0.3) is 5.91 Å². The highest BCUT2D eigenvalue weighted by Gasteiger charge is 2.17. The molecular weight excluding hydrogens is 494 g/mol. The van der Waals surface area contributed by atoms with E-state index in [1.54, 1.807) is 6.21 Å². The van der Waals surface area contributed by atoms with Gasteiger partial charge in [-0.1, -0.05) is 87.1 Å². The molecule has 0 atom stereocenters. The highest BCUT2D eigenvalue weighted by atomic mass is 32.2. The second kappa shape index (κ2) is 12.6. The molecule has 1 amide bonds. The number of rotatable bonds is 10. The fourth-order valence-corrected chi connectivity index (χ4v) is 4.54. The van der Waals surface area contributed by atoms with E-state index >= 15 is 0 Å². The van der Waals surface area contributed by atoms with Crippen LogP contribution < -0.4 is 10.2 Å². The number of thioether (sulfide) groups is 1. The summed E-state index contributed by atoms with van der Waals surface area (Å²) >= 11 is 1.34. The summed E-state index contributed by atoms with van der Waals surface area (Å²) in [6.07, 6.45) is 1.61. The van der Waals surface area contributed by atoms with Gasteiger partial charge in [-0.3, -0.25) is 4.79 Å². The van der Waals surface area contributed by atoms with Gasteiger partial charge in [-0.2, -0.15) is 5.10 Å². The predicted molar refractivity (Wildman–Crippen MR) is 154 cm³/mol. The first-order chi connectivity index (χ1) is 18.3. The van der Waals surface area contributed by atoms with Crippen LogP contribution in [0.15, 0.2) is 89.1 Å². The standard InChI is InChI=1S/C30H33N5O2S/c1-5-35-28(24-13-15-25(16-14-24)30(2,3)4)33-34-29(35)38-21-27(36)32-31-19-22-11-17-26(18-12-22)37-20-23-9-7-6-8-10-23/h6-19H,5,20-21H2,1-4H3,(H,32,36). The van der Waals surface area contributed by atoms with E-state index in [9.17, 15) is 4.79 Å². The summed E-state index contributed by atoms with van der Waals surface area (Å²) in [4.78, 5) is 12.4. The lowest BCUT2D eigenvalue weighted by molar-refractivity contribution is -0.118. The Morgan fingerprint density at radius 1 is 1.00 bits per heavy atom. The number of amides is 1. The molecular formula is C30H33N5O2S. The van der Waals surface area contributed by atoms with Gasteiger partial charge in [0.1, 0.15) is 12.4 Å². The number of carbonyl (C=O) groups is 1. The lowest BCUT2D eigenvalue weighted by Gasteiger charge is -2.19. The molecule has 0 unspecified atom stereocenters. The van der Waals surface area contributed by atoms with E-state index in [0.717, 1.165) is 28.3 Å². The molecule has 7 nitrogen and oxygen atoms in total. The third-order valence-corrected chi connectivity index (χ3v) is 6.87. The lowest BCUT2D eigenvalue weighted by Crippen LogP contribution is -2.20. The van der Waals surface area contributed by atoms with Crippen molar-refractivity contribution in [1.29, 1.82) is 0 Å². The van der Waals surface area contributed by atoms with Gasteiger partial charge in [-0.25, -0.2) is 5.43 Å². The number of hydrazone groups is 1. The third-order valence-electron chi connectivity index (χ3n) is 5.91. The van der Waals surface area contributed by atoms with Crippen molar-refractivity contribution in [2.45, 2.75) is 51.4 Å². The summed E-state index contributed by atoms with van der Waals surface area (Å²) in [6.45, 7) is 9.84. The van der Waals surface area contributed by atoms with Crippen molar-refractivity contribution < 1.29 is 9.53 Å². The quantitative estimate of drug-likeness (QED) is 0.153. The molecule has 3 aromatic carbocycles. The number of aromatic nitrogens is 3. The van der Waals surface area contributed by atoms with Crippen LogP contribution in [0.1, 0.15) is 44.4 Å². The number of hydrogen-bond acceptors (Lipinski definition) is 6. The molecule has 4 rings (SSSR count). The number of nitrogens with zero attached hydrogens (tertiary/aromatic N) is 4. The average molecular weight is 528 g/mol. The predicted octanol–water partition coefficient (Wildman–Crippen LogP) is 6.08. The molecule has 1 heterocycles. The average Bonchev–Trinajstić information content (AvgIpc) is 3.34. The first kappa shape index (κ1) is 27.1. The van der Waals surface area contributed by atoms with Crippen LogP contribution in [0.5, 0.6) is 5.75 Å². The molecule has 1 N–H and O–H groups in total. The summed E-state index contributed by atoms with van der Waals surface area (Å²) in [6, 6.07) is 26.0. The van der Waals surface area contributed by atoms with Gasteiger partial charge in [0, 0.05) is 12.1 Å². The van der Waals surface area contributed by atoms with Crippen molar-refractivity contribution in [1.82, 2.24) is 20.2 Å². The Morgan fingerprint density at radius 2 is 1.71 bits per heavy atom. The molecule has 8 heteroatoms. The van der Waals surface area contributed by atoms with E-state index in [2.05, 4.69) is 65.8 Å². The van der Waals surface area contributed by atoms with Crippen molar-refractivity contribution in [3.05, 3.63) is 95.6 Å². The summed E-state index contributed by atoms with van der Waals surface area (Å²) in [5, 5.41) is 13.5. The van der Waals surface area contributed by atoms with E-state index < -0.39 is 0 Å². The van der Waals surface area contributed by atoms with Gasteiger partial charge in [0.2, 0.25) is 0 Å². The Hall–Kier alpha value is -3.91. The Bertz CT molecular complexity index is 1360. The zero-order valence-electron chi connectivity index (χ0n) is 22.2. The first-order valence-corrected chi connectivity index (χ1v) is 13.6. The highest BCUT2D eigenvalue weighted by molar-refractivity contribution is 7.99. The minimum Gasteiger partial charge on any atom is -0.489 e. The van der Waals surface area contributed by atoms with E-state index in [-0.39, 0.29) is 17.1 Å². The molecule has 196 valence electrons. The highest BCUT2D eigenvalue weighted by Crippen LogP contribution is 2.27. The molecule has 0 fully saturated rings. The fourth-order valence-electron chi connectivity index (χ4n) is 3.75. The molecule has 1 aromatic heterocycles. The smallest absolute Gasteiger partial charge is 0.250 e. The zero-order valence-corrected chi connectivity index (χ0v) is 23.0. The van der Waals surface area contributed by atoms with Gasteiger partial charge < -0.3 is 9.30 Å². The molecule has 0 spiro atoms. The van der Waals surface area contributed by atoms with Crippen molar-refractivity contribution in [3.8, 4) is 17.1 Å². The SMILES string of the molecule is CCn1c(SCC(=O)NN=Cc2ccc(OCc3ccccc3)cc2)nnc1-c1ccc(C(C)(C)C)cc1. The van der Waals surface area contributed by atoms with Crippen LogP contribution >= 0.6 is 11.8 Å². The summed E-state index contributed by atoms with van der Waals surface area (Å²) < 4.78 is 7.82. The number of ether oxygens (including phenoxy) is 1. The topological polar surface area (TPSA) is 81.4 Å². The van der Waals surface area contributed by atoms with Gasteiger partial charge >= 0.3 is 0 Å². The molecule has 38 heavy (non-hydrogen) atoms. The molecule has 0 saturated carbocycles. The molecule has 0 aliphatic rings. The van der Waals surface area contributed by atoms with Gasteiger partial charge in [-0.05, 0) is 53.3 Å². The van der Waals surface area contributed by atoms with Crippen LogP contribution in [0.3, 0.4) is 0 Å². The van der Waals surface area contributed by atoms with Crippen molar-refractivity contribution in [3.63, 3.8) is 0 Å². The minimum absolute atomic E-state index is 0.0915. The second-order valence-corrected chi connectivity index (χ2v) is 10.7. The Labute approximate surface area is 228 Å². The van der Waals surface area contributed by atoms with E-state index in [1.165, 1.54) is 17.3 Å². The number of benzene rings is 3. The summed E-state index contributed by atoms with van der Waals surface area (Å²) in [5.41, 5.74) is 6.91. The number of carbonyl (C=O) groups excluding carboxylic acids is 1. The van der Waals surface area contributed by atoms with Gasteiger partial charge in [0.15, 0.2) is 11.0 Å². The molecule has 0 radical (unpaired) electrons. The van der Waals surface area contributed by atoms with E-state index in [1.807, 2.05) is 66.1 Å². The molecule has 0 bridgehead atoms. The number of nitrogens with one attached hydrogen (secondary N) is 1. The fraction of sp³-hybridized carbons (Fsp3) is 0.267. The molecule has 4 aromatic rings. The van der Waals surface area contributed by atoms with Crippen LogP contribution in [-0.4, -0.2) is 32.6 Å². The number of hydrogen-bond donors (Lipinski definition) is 1. The van der Waals surface area contributed by atoms with Crippen LogP contribution in [0, 0.1) is 0 Å².